The van der Waals surface area contributed by atoms with Crippen molar-refractivity contribution < 1.29 is 18.3 Å². The number of nitrogens with zero attached hydrogens (tertiary/aromatic N) is 3. The molecule has 0 aliphatic rings. The number of pyridine rings is 1. The van der Waals surface area contributed by atoms with Crippen molar-refractivity contribution in [2.75, 3.05) is 23.8 Å². The molecular formula is C18H16F3N5O. The van der Waals surface area contributed by atoms with Gasteiger partial charge < -0.3 is 15.7 Å². The van der Waals surface area contributed by atoms with Crippen molar-refractivity contribution in [2.24, 2.45) is 0 Å². The van der Waals surface area contributed by atoms with Crippen LogP contribution in [0.25, 0.3) is 11.3 Å². The Hall–Kier alpha value is -3.20. The maximum Gasteiger partial charge on any atom is 0.225 e. The number of benzene rings is 1. The van der Waals surface area contributed by atoms with Crippen molar-refractivity contribution >= 4 is 17.5 Å². The highest BCUT2D eigenvalue weighted by Gasteiger charge is 2.15. The number of anilines is 3. The van der Waals surface area contributed by atoms with Crippen LogP contribution in [0.15, 0.2) is 42.7 Å². The van der Waals surface area contributed by atoms with Crippen LogP contribution < -0.4 is 10.6 Å². The summed E-state index contributed by atoms with van der Waals surface area (Å²) in [5.74, 6) is -3.75. The van der Waals surface area contributed by atoms with Gasteiger partial charge in [-0.25, -0.2) is 18.2 Å². The number of nitrogens with one attached hydrogen (secondary N) is 2. The Bertz CT molecular complexity index is 924. The lowest BCUT2D eigenvalue weighted by molar-refractivity contribution is 0.292. The molecule has 3 aromatic rings. The highest BCUT2D eigenvalue weighted by Crippen LogP contribution is 2.26. The molecule has 6 nitrogen and oxygen atoms in total. The molecule has 2 heterocycles. The standard InChI is InChI=1S/C18H16F3N5O/c19-12-2-3-13(17(21)16(12)20)24-15-10-14(11-4-7-22-8-5-11)25-18(26-15)23-6-1-9-27/h2-5,7-8,10,27H,1,6,9H2,(H2,23,24,25,26). The van der Waals surface area contributed by atoms with Gasteiger partial charge in [0, 0.05) is 37.2 Å². The molecule has 0 saturated carbocycles. The number of hydrogen-bond donors (Lipinski definition) is 3. The molecule has 0 amide bonds. The van der Waals surface area contributed by atoms with Gasteiger partial charge >= 0.3 is 0 Å². The van der Waals surface area contributed by atoms with Gasteiger partial charge in [-0.15, -0.1) is 0 Å². The van der Waals surface area contributed by atoms with Crippen LogP contribution in [-0.4, -0.2) is 33.2 Å². The monoisotopic (exact) mass is 375 g/mol. The molecule has 0 radical (unpaired) electrons. The average Bonchev–Trinajstić information content (AvgIpc) is 2.69. The predicted octanol–water partition coefficient (Wildman–Crippen LogP) is 3.49. The Kier molecular flexibility index (Phi) is 5.82. The maximum atomic E-state index is 13.9. The zero-order valence-electron chi connectivity index (χ0n) is 14.1. The Morgan fingerprint density at radius 2 is 1.74 bits per heavy atom. The predicted molar refractivity (Wildman–Crippen MR) is 95.1 cm³/mol. The smallest absolute Gasteiger partial charge is 0.225 e. The fourth-order valence-electron chi connectivity index (χ4n) is 2.30. The molecule has 1 aromatic carbocycles. The minimum atomic E-state index is -1.57. The van der Waals surface area contributed by atoms with Crippen molar-refractivity contribution in [3.8, 4) is 11.3 Å². The molecule has 0 spiro atoms. The lowest BCUT2D eigenvalue weighted by Crippen LogP contribution is -2.09. The maximum absolute atomic E-state index is 13.9. The molecule has 3 rings (SSSR count). The van der Waals surface area contributed by atoms with E-state index in [0.717, 1.165) is 17.7 Å². The molecule has 2 aromatic heterocycles. The average molecular weight is 375 g/mol. The number of aliphatic hydroxyl groups excluding tert-OH is 1. The summed E-state index contributed by atoms with van der Waals surface area (Å²) in [6.07, 6.45) is 3.68. The van der Waals surface area contributed by atoms with E-state index in [-0.39, 0.29) is 24.1 Å². The van der Waals surface area contributed by atoms with Crippen LogP contribution in [0.5, 0.6) is 0 Å². The minimum Gasteiger partial charge on any atom is -0.396 e. The van der Waals surface area contributed by atoms with Crippen LogP contribution in [0.4, 0.5) is 30.6 Å². The molecular weight excluding hydrogens is 359 g/mol. The van der Waals surface area contributed by atoms with E-state index in [2.05, 4.69) is 25.6 Å². The van der Waals surface area contributed by atoms with E-state index in [1.807, 2.05) is 0 Å². The Morgan fingerprint density at radius 3 is 2.48 bits per heavy atom. The highest BCUT2D eigenvalue weighted by atomic mass is 19.2. The van der Waals surface area contributed by atoms with Gasteiger partial charge in [-0.3, -0.25) is 4.98 Å². The molecule has 140 valence electrons. The SMILES string of the molecule is OCCCNc1nc(Nc2ccc(F)c(F)c2F)cc(-c2ccncc2)n1. The van der Waals surface area contributed by atoms with Gasteiger partial charge in [0.1, 0.15) is 5.82 Å². The second-order valence-corrected chi connectivity index (χ2v) is 5.55. The molecule has 0 aliphatic heterocycles. The second kappa shape index (κ2) is 8.45. The minimum absolute atomic E-state index is 0.00220. The van der Waals surface area contributed by atoms with Crippen molar-refractivity contribution in [3.63, 3.8) is 0 Å². The van der Waals surface area contributed by atoms with Gasteiger partial charge in [-0.2, -0.15) is 4.98 Å². The summed E-state index contributed by atoms with van der Waals surface area (Å²) in [6, 6.07) is 6.93. The molecule has 0 atom stereocenters. The third-order valence-corrected chi connectivity index (χ3v) is 3.62. The van der Waals surface area contributed by atoms with Gasteiger partial charge in [0.15, 0.2) is 17.5 Å². The molecule has 0 aliphatic carbocycles. The van der Waals surface area contributed by atoms with E-state index in [9.17, 15) is 13.2 Å². The van der Waals surface area contributed by atoms with E-state index in [1.165, 1.54) is 0 Å². The lowest BCUT2D eigenvalue weighted by atomic mass is 10.2. The number of rotatable bonds is 7. The molecule has 27 heavy (non-hydrogen) atoms. The van der Waals surface area contributed by atoms with Gasteiger partial charge in [-0.1, -0.05) is 0 Å². The largest absolute Gasteiger partial charge is 0.396 e. The topological polar surface area (TPSA) is 83.0 Å². The summed E-state index contributed by atoms with van der Waals surface area (Å²) in [5.41, 5.74) is 1.00. The molecule has 0 fully saturated rings. The Morgan fingerprint density at radius 1 is 0.963 bits per heavy atom. The second-order valence-electron chi connectivity index (χ2n) is 5.55. The van der Waals surface area contributed by atoms with Crippen molar-refractivity contribution in [2.45, 2.75) is 6.42 Å². The normalized spacial score (nSPS) is 10.7. The van der Waals surface area contributed by atoms with Crippen molar-refractivity contribution in [1.82, 2.24) is 15.0 Å². The van der Waals surface area contributed by atoms with Gasteiger partial charge in [0.05, 0.1) is 11.4 Å². The molecule has 0 unspecified atom stereocenters. The summed E-state index contributed by atoms with van der Waals surface area (Å²) < 4.78 is 40.5. The zero-order chi connectivity index (χ0) is 19.2. The number of aromatic nitrogens is 3. The van der Waals surface area contributed by atoms with Gasteiger partial charge in [-0.05, 0) is 30.7 Å². The zero-order valence-corrected chi connectivity index (χ0v) is 14.1. The van der Waals surface area contributed by atoms with Crippen LogP contribution in [0.2, 0.25) is 0 Å². The Balaban J connectivity index is 1.96. The number of aliphatic hydroxyl groups is 1. The van der Waals surface area contributed by atoms with Crippen LogP contribution in [0, 0.1) is 17.5 Å². The van der Waals surface area contributed by atoms with E-state index in [0.29, 0.717) is 18.7 Å². The van der Waals surface area contributed by atoms with Gasteiger partial charge in [0.2, 0.25) is 5.95 Å². The van der Waals surface area contributed by atoms with E-state index >= 15 is 0 Å². The first-order valence-corrected chi connectivity index (χ1v) is 8.13. The molecule has 3 N–H and O–H groups in total. The van der Waals surface area contributed by atoms with Gasteiger partial charge in [0.25, 0.3) is 0 Å². The van der Waals surface area contributed by atoms with E-state index in [4.69, 9.17) is 5.11 Å². The Labute approximate surface area is 153 Å². The summed E-state index contributed by atoms with van der Waals surface area (Å²) >= 11 is 0. The number of hydrogen-bond acceptors (Lipinski definition) is 6. The first-order valence-electron chi connectivity index (χ1n) is 8.13. The molecule has 0 bridgehead atoms. The lowest BCUT2D eigenvalue weighted by Gasteiger charge is -2.12. The van der Waals surface area contributed by atoms with Crippen LogP contribution in [-0.2, 0) is 0 Å². The summed E-state index contributed by atoms with van der Waals surface area (Å²) in [7, 11) is 0. The third kappa shape index (κ3) is 4.50. The fraction of sp³-hybridized carbons (Fsp3) is 0.167. The molecule has 9 heteroatoms. The first-order chi connectivity index (χ1) is 13.1. The van der Waals surface area contributed by atoms with Crippen LogP contribution in [0.1, 0.15) is 6.42 Å². The fourth-order valence-corrected chi connectivity index (χ4v) is 2.30. The number of halogens is 3. The van der Waals surface area contributed by atoms with Crippen molar-refractivity contribution in [1.29, 1.82) is 0 Å². The highest BCUT2D eigenvalue weighted by molar-refractivity contribution is 5.67. The molecule has 0 saturated heterocycles. The van der Waals surface area contributed by atoms with Crippen LogP contribution in [0.3, 0.4) is 0 Å². The summed E-state index contributed by atoms with van der Waals surface area (Å²) in [6.45, 7) is 0.428. The first kappa shape index (κ1) is 18.6. The van der Waals surface area contributed by atoms with E-state index < -0.39 is 17.5 Å². The van der Waals surface area contributed by atoms with Crippen molar-refractivity contribution in [3.05, 3.63) is 60.2 Å². The van der Waals surface area contributed by atoms with Crippen LogP contribution >= 0.6 is 0 Å². The quantitative estimate of drug-likeness (QED) is 0.433. The third-order valence-electron chi connectivity index (χ3n) is 3.62. The summed E-state index contributed by atoms with van der Waals surface area (Å²) in [5, 5.41) is 14.5. The summed E-state index contributed by atoms with van der Waals surface area (Å²) in [4.78, 5) is 12.5. The van der Waals surface area contributed by atoms with E-state index in [1.54, 1.807) is 30.6 Å².